The van der Waals surface area contributed by atoms with Crippen molar-refractivity contribution < 1.29 is 29.0 Å². The predicted molar refractivity (Wildman–Crippen MR) is 130 cm³/mol. The summed E-state index contributed by atoms with van der Waals surface area (Å²) in [6, 6.07) is 9.81. The third kappa shape index (κ3) is 5.25. The van der Waals surface area contributed by atoms with E-state index in [4.69, 9.17) is 9.47 Å². The Labute approximate surface area is 212 Å². The summed E-state index contributed by atoms with van der Waals surface area (Å²) >= 11 is 1.21. The van der Waals surface area contributed by atoms with Crippen molar-refractivity contribution in [2.24, 2.45) is 5.92 Å². The Kier molecular flexibility index (Phi) is 7.11. The maximum atomic E-state index is 13.9. The van der Waals surface area contributed by atoms with E-state index in [0.717, 1.165) is 5.56 Å². The number of hydrogen-bond donors (Lipinski definition) is 1. The lowest BCUT2D eigenvalue weighted by Gasteiger charge is -2.39. The molecule has 1 aliphatic rings. The molecule has 10 nitrogen and oxygen atoms in total. The number of carboxylic acid groups (broad SMARTS) is 1. The van der Waals surface area contributed by atoms with Gasteiger partial charge in [0, 0.05) is 23.5 Å². The highest BCUT2D eigenvalue weighted by Crippen LogP contribution is 2.50. The van der Waals surface area contributed by atoms with Gasteiger partial charge in [0.2, 0.25) is 0 Å². The first-order valence-electron chi connectivity index (χ1n) is 11.4. The van der Waals surface area contributed by atoms with Crippen LogP contribution in [-0.4, -0.2) is 53.9 Å². The average Bonchev–Trinajstić information content (AvgIpc) is 3.58. The Bertz CT molecular complexity index is 1190. The zero-order valence-corrected chi connectivity index (χ0v) is 21.1. The van der Waals surface area contributed by atoms with E-state index in [9.17, 15) is 19.5 Å². The molecule has 1 aromatic carbocycles. The first-order chi connectivity index (χ1) is 17.1. The number of nitrogens with zero attached hydrogens (tertiary/aromatic N) is 4. The number of ether oxygens (including phenoxy) is 2. The van der Waals surface area contributed by atoms with Gasteiger partial charge in [-0.1, -0.05) is 30.3 Å². The molecule has 11 heteroatoms. The van der Waals surface area contributed by atoms with E-state index in [0.29, 0.717) is 4.88 Å². The number of aliphatic carboxylic acids is 1. The van der Waals surface area contributed by atoms with Crippen molar-refractivity contribution >= 4 is 29.4 Å². The van der Waals surface area contributed by atoms with Crippen LogP contribution in [0.3, 0.4) is 0 Å². The molecule has 0 saturated carbocycles. The molecule has 3 heterocycles. The third-order valence-corrected chi connectivity index (χ3v) is 6.75. The lowest BCUT2D eigenvalue weighted by atomic mass is 9.90. The summed E-state index contributed by atoms with van der Waals surface area (Å²) in [5, 5.41) is 14.4. The van der Waals surface area contributed by atoms with Crippen molar-refractivity contribution in [3.8, 4) is 0 Å². The van der Waals surface area contributed by atoms with Gasteiger partial charge in [-0.15, -0.1) is 11.3 Å². The molecule has 190 valence electrons. The van der Waals surface area contributed by atoms with Crippen LogP contribution in [0.15, 0.2) is 60.5 Å². The molecule has 1 amide bonds. The van der Waals surface area contributed by atoms with Gasteiger partial charge in [0.05, 0.1) is 24.0 Å². The van der Waals surface area contributed by atoms with E-state index in [1.54, 1.807) is 44.7 Å². The Morgan fingerprint density at radius 2 is 1.94 bits per heavy atom. The summed E-state index contributed by atoms with van der Waals surface area (Å²) < 4.78 is 12.9. The number of benzene rings is 1. The fraction of sp³-hybridized carbons (Fsp3) is 0.400. The van der Waals surface area contributed by atoms with Gasteiger partial charge >= 0.3 is 18.0 Å². The van der Waals surface area contributed by atoms with Gasteiger partial charge in [-0.2, -0.15) is 5.10 Å². The highest BCUT2D eigenvalue weighted by Gasteiger charge is 2.63. The van der Waals surface area contributed by atoms with Crippen LogP contribution in [-0.2, 0) is 32.2 Å². The molecule has 1 saturated heterocycles. The van der Waals surface area contributed by atoms with Crippen molar-refractivity contribution in [2.45, 2.75) is 57.5 Å². The molecule has 36 heavy (non-hydrogen) atoms. The Morgan fingerprint density at radius 3 is 2.53 bits per heavy atom. The smallest absolute Gasteiger partial charge is 0.411 e. The molecular formula is C25H28N4O6S. The molecule has 2 aromatic heterocycles. The van der Waals surface area contributed by atoms with Gasteiger partial charge < -0.3 is 14.6 Å². The van der Waals surface area contributed by atoms with E-state index < -0.39 is 41.1 Å². The maximum absolute atomic E-state index is 13.9. The van der Waals surface area contributed by atoms with E-state index in [1.807, 2.05) is 30.3 Å². The van der Waals surface area contributed by atoms with Crippen LogP contribution >= 0.6 is 11.3 Å². The number of likely N-dealkylation sites (tertiary alicyclic amines) is 1. The van der Waals surface area contributed by atoms with Gasteiger partial charge in [-0.05, 0) is 38.8 Å². The first kappa shape index (κ1) is 25.4. The SMILES string of the molecule is CC(C)(C)OC(=O)[C@]1(Cn2cccn2)C[C@H](C(=O)O)[C@H](c2cncs2)N1C(=O)OCc1ccccc1. The van der Waals surface area contributed by atoms with Crippen LogP contribution in [0, 0.1) is 5.92 Å². The molecule has 0 radical (unpaired) electrons. The van der Waals surface area contributed by atoms with Crippen molar-refractivity contribution in [3.05, 3.63) is 70.9 Å². The van der Waals surface area contributed by atoms with Crippen molar-refractivity contribution in [1.82, 2.24) is 19.7 Å². The largest absolute Gasteiger partial charge is 0.481 e. The molecule has 0 spiro atoms. The molecule has 0 aliphatic carbocycles. The molecule has 3 atom stereocenters. The fourth-order valence-electron chi connectivity index (χ4n) is 4.44. The molecule has 1 fully saturated rings. The highest BCUT2D eigenvalue weighted by atomic mass is 32.1. The molecule has 4 rings (SSSR count). The number of carbonyl (C=O) groups is 3. The summed E-state index contributed by atoms with van der Waals surface area (Å²) in [6.07, 6.45) is 3.71. The Morgan fingerprint density at radius 1 is 1.19 bits per heavy atom. The van der Waals surface area contributed by atoms with Crippen LogP contribution in [0.4, 0.5) is 4.79 Å². The number of carboxylic acids is 1. The van der Waals surface area contributed by atoms with E-state index >= 15 is 0 Å². The number of rotatable bonds is 7. The second-order valence-corrected chi connectivity index (χ2v) is 10.6. The van der Waals surface area contributed by atoms with Gasteiger partial charge in [0.15, 0.2) is 5.54 Å². The van der Waals surface area contributed by atoms with E-state index in [-0.39, 0.29) is 19.6 Å². The topological polar surface area (TPSA) is 124 Å². The quantitative estimate of drug-likeness (QED) is 0.473. The molecule has 1 aliphatic heterocycles. The minimum Gasteiger partial charge on any atom is -0.481 e. The second kappa shape index (κ2) is 10.1. The number of aromatic nitrogens is 3. The molecule has 1 N–H and O–H groups in total. The molecule has 3 aromatic rings. The highest BCUT2D eigenvalue weighted by molar-refractivity contribution is 7.09. The van der Waals surface area contributed by atoms with E-state index in [1.165, 1.54) is 27.1 Å². The first-order valence-corrected chi connectivity index (χ1v) is 12.3. The summed E-state index contributed by atoms with van der Waals surface area (Å²) in [7, 11) is 0. The zero-order chi connectivity index (χ0) is 25.9. The molecule has 0 unspecified atom stereocenters. The maximum Gasteiger partial charge on any atom is 0.411 e. The van der Waals surface area contributed by atoms with Crippen LogP contribution in [0.1, 0.15) is 43.7 Å². The van der Waals surface area contributed by atoms with Gasteiger partial charge in [0.25, 0.3) is 0 Å². The van der Waals surface area contributed by atoms with Crippen LogP contribution in [0.2, 0.25) is 0 Å². The van der Waals surface area contributed by atoms with Gasteiger partial charge in [0.1, 0.15) is 12.2 Å². The minimum atomic E-state index is -1.69. The fourth-order valence-corrected chi connectivity index (χ4v) is 5.21. The minimum absolute atomic E-state index is 0.0461. The number of esters is 1. The normalized spacial score (nSPS) is 21.8. The number of hydrogen-bond acceptors (Lipinski definition) is 8. The molecule has 0 bridgehead atoms. The Balaban J connectivity index is 1.82. The molecular weight excluding hydrogens is 484 g/mol. The summed E-state index contributed by atoms with van der Waals surface area (Å²) in [5.74, 6) is -2.96. The van der Waals surface area contributed by atoms with Gasteiger partial charge in [-0.25, -0.2) is 9.59 Å². The van der Waals surface area contributed by atoms with Gasteiger partial charge in [-0.3, -0.25) is 19.4 Å². The summed E-state index contributed by atoms with van der Waals surface area (Å²) in [4.78, 5) is 46.0. The third-order valence-electron chi connectivity index (χ3n) is 5.90. The van der Waals surface area contributed by atoms with Crippen LogP contribution < -0.4 is 0 Å². The van der Waals surface area contributed by atoms with E-state index in [2.05, 4.69) is 10.1 Å². The summed E-state index contributed by atoms with van der Waals surface area (Å²) in [5.41, 5.74) is -0.258. The zero-order valence-electron chi connectivity index (χ0n) is 20.2. The van der Waals surface area contributed by atoms with Crippen molar-refractivity contribution in [2.75, 3.05) is 0 Å². The average molecular weight is 513 g/mol. The standard InChI is InChI=1S/C25H28N4O6S/c1-24(2,3)35-22(32)25(15-28-11-7-10-27-28)12-18(21(30)31)20(19-13-26-16-36-19)29(25)23(33)34-14-17-8-5-4-6-9-17/h4-11,13,16,18,20H,12,14-15H2,1-3H3,(H,30,31)/t18-,20+,25+/m0/s1. The van der Waals surface area contributed by atoms with Crippen molar-refractivity contribution in [3.63, 3.8) is 0 Å². The number of amides is 1. The van der Waals surface area contributed by atoms with Crippen LogP contribution in [0.25, 0.3) is 0 Å². The van der Waals surface area contributed by atoms with Crippen molar-refractivity contribution in [1.29, 1.82) is 0 Å². The summed E-state index contributed by atoms with van der Waals surface area (Å²) in [6.45, 7) is 5.00. The predicted octanol–water partition coefficient (Wildman–Crippen LogP) is 3.90. The second-order valence-electron chi connectivity index (χ2n) is 9.64. The lowest BCUT2D eigenvalue weighted by Crippen LogP contribution is -2.58. The lowest BCUT2D eigenvalue weighted by molar-refractivity contribution is -0.169. The number of thiazole rings is 1. The number of carbonyl (C=O) groups excluding carboxylic acids is 2. The Hall–Kier alpha value is -3.73. The van der Waals surface area contributed by atoms with Crippen LogP contribution in [0.5, 0.6) is 0 Å². The monoisotopic (exact) mass is 512 g/mol.